The van der Waals surface area contributed by atoms with Gasteiger partial charge in [0.1, 0.15) is 5.82 Å². The summed E-state index contributed by atoms with van der Waals surface area (Å²) in [4.78, 5) is 4.38. The van der Waals surface area contributed by atoms with Gasteiger partial charge in [0.25, 0.3) is 0 Å². The van der Waals surface area contributed by atoms with Crippen molar-refractivity contribution in [3.8, 4) is 0 Å². The predicted molar refractivity (Wildman–Crippen MR) is 113 cm³/mol. The molecule has 8 heteroatoms. The van der Waals surface area contributed by atoms with Crippen LogP contribution in [0.5, 0.6) is 0 Å². The number of nitrogens with two attached hydrogens (primary N) is 1. The molecule has 152 valence electrons. The third kappa shape index (κ3) is 4.37. The van der Waals surface area contributed by atoms with Crippen LogP contribution in [0, 0.1) is 5.82 Å². The summed E-state index contributed by atoms with van der Waals surface area (Å²) in [5.41, 5.74) is 2.30. The first-order chi connectivity index (χ1) is 13.8. The molecule has 1 aliphatic carbocycles. The largest absolute Gasteiger partial charge is 0.382 e. The molecule has 0 unspecified atom stereocenters. The maximum Gasteiger partial charge on any atom is 0.238 e. The Bertz CT molecular complexity index is 1160. The number of sulfonamides is 1. The fourth-order valence-corrected chi connectivity index (χ4v) is 5.09. The van der Waals surface area contributed by atoms with E-state index in [4.69, 9.17) is 16.7 Å². The highest BCUT2D eigenvalue weighted by molar-refractivity contribution is 7.89. The van der Waals surface area contributed by atoms with Crippen LogP contribution in [-0.4, -0.2) is 19.4 Å². The van der Waals surface area contributed by atoms with Gasteiger partial charge in [-0.2, -0.15) is 0 Å². The van der Waals surface area contributed by atoms with Crippen molar-refractivity contribution in [2.45, 2.75) is 42.5 Å². The molecule has 1 fully saturated rings. The van der Waals surface area contributed by atoms with Crippen molar-refractivity contribution >= 4 is 38.2 Å². The van der Waals surface area contributed by atoms with Crippen LogP contribution in [0.3, 0.4) is 0 Å². The SMILES string of the molecule is NS(=O)(=O)c1ccc(F)cc1C1CCC(Nc2ccnc3cc(Cl)ccc23)CC1. The zero-order valence-corrected chi connectivity index (χ0v) is 17.2. The molecule has 1 aromatic heterocycles. The van der Waals surface area contributed by atoms with E-state index in [9.17, 15) is 12.8 Å². The molecular weight excluding hydrogens is 413 g/mol. The molecule has 4 rings (SSSR count). The number of hydrogen-bond donors (Lipinski definition) is 2. The van der Waals surface area contributed by atoms with Crippen LogP contribution >= 0.6 is 11.6 Å². The minimum Gasteiger partial charge on any atom is -0.382 e. The van der Waals surface area contributed by atoms with E-state index >= 15 is 0 Å². The van der Waals surface area contributed by atoms with Crippen molar-refractivity contribution in [2.75, 3.05) is 5.32 Å². The number of anilines is 1. The molecule has 0 radical (unpaired) electrons. The molecule has 0 bridgehead atoms. The quantitative estimate of drug-likeness (QED) is 0.618. The Morgan fingerprint density at radius 3 is 2.55 bits per heavy atom. The lowest BCUT2D eigenvalue weighted by Gasteiger charge is -2.31. The van der Waals surface area contributed by atoms with Crippen LogP contribution in [0.15, 0.2) is 53.6 Å². The molecule has 29 heavy (non-hydrogen) atoms. The highest BCUT2D eigenvalue weighted by atomic mass is 35.5. The molecule has 2 aromatic carbocycles. The zero-order valence-electron chi connectivity index (χ0n) is 15.6. The smallest absolute Gasteiger partial charge is 0.238 e. The van der Waals surface area contributed by atoms with Gasteiger partial charge in [-0.15, -0.1) is 0 Å². The lowest BCUT2D eigenvalue weighted by Crippen LogP contribution is -2.26. The standard InChI is InChI=1S/C21H21ClFN3O2S/c22-14-3-7-17-19(9-10-25-20(17)11-14)26-16-5-1-13(2-6-16)18-12-15(23)4-8-21(18)29(24,27)28/h3-4,7-13,16H,1-2,5-6H2,(H,25,26)(H2,24,27,28). The summed E-state index contributed by atoms with van der Waals surface area (Å²) in [5, 5.41) is 10.5. The first-order valence-corrected chi connectivity index (χ1v) is 11.4. The van der Waals surface area contributed by atoms with Crippen molar-refractivity contribution in [1.29, 1.82) is 0 Å². The van der Waals surface area contributed by atoms with Crippen LogP contribution in [-0.2, 0) is 10.0 Å². The van der Waals surface area contributed by atoms with Gasteiger partial charge in [0, 0.05) is 28.3 Å². The van der Waals surface area contributed by atoms with Crippen LogP contribution in [0.1, 0.15) is 37.2 Å². The Morgan fingerprint density at radius 1 is 1.07 bits per heavy atom. The monoisotopic (exact) mass is 433 g/mol. The van der Waals surface area contributed by atoms with Gasteiger partial charge in [-0.25, -0.2) is 17.9 Å². The van der Waals surface area contributed by atoms with Gasteiger partial charge in [-0.3, -0.25) is 4.98 Å². The molecule has 1 aliphatic rings. The second-order valence-electron chi connectivity index (χ2n) is 7.44. The first kappa shape index (κ1) is 20.1. The normalized spacial score (nSPS) is 20.0. The van der Waals surface area contributed by atoms with Crippen LogP contribution < -0.4 is 10.5 Å². The zero-order chi connectivity index (χ0) is 20.6. The summed E-state index contributed by atoms with van der Waals surface area (Å²) in [6, 6.07) is 11.5. The number of primary sulfonamides is 1. The van der Waals surface area contributed by atoms with Gasteiger partial charge in [0.2, 0.25) is 10.0 Å². The van der Waals surface area contributed by atoms with Gasteiger partial charge >= 0.3 is 0 Å². The molecule has 0 atom stereocenters. The summed E-state index contributed by atoms with van der Waals surface area (Å²) in [7, 11) is -3.89. The van der Waals surface area contributed by atoms with Crippen molar-refractivity contribution in [2.24, 2.45) is 5.14 Å². The fourth-order valence-electron chi connectivity index (χ4n) is 4.11. The van der Waals surface area contributed by atoms with E-state index in [1.807, 2.05) is 24.3 Å². The molecule has 5 nitrogen and oxygen atoms in total. The number of benzene rings is 2. The number of fused-ring (bicyclic) bond motifs is 1. The maximum absolute atomic E-state index is 13.8. The van der Waals surface area contributed by atoms with Gasteiger partial charge in [0.05, 0.1) is 10.4 Å². The summed E-state index contributed by atoms with van der Waals surface area (Å²) >= 11 is 6.05. The highest BCUT2D eigenvalue weighted by Gasteiger charge is 2.27. The number of rotatable bonds is 4. The van der Waals surface area contributed by atoms with Gasteiger partial charge in [-0.1, -0.05) is 11.6 Å². The topological polar surface area (TPSA) is 85.1 Å². The van der Waals surface area contributed by atoms with E-state index in [0.717, 1.165) is 48.3 Å². The van der Waals surface area contributed by atoms with Gasteiger partial charge in [0.15, 0.2) is 0 Å². The summed E-state index contributed by atoms with van der Waals surface area (Å²) in [6.07, 6.45) is 4.92. The Kier molecular flexibility index (Phi) is 5.46. The van der Waals surface area contributed by atoms with Crippen LogP contribution in [0.4, 0.5) is 10.1 Å². The van der Waals surface area contributed by atoms with Gasteiger partial charge < -0.3 is 5.32 Å². The molecule has 1 saturated carbocycles. The van der Waals surface area contributed by atoms with Crippen LogP contribution in [0.2, 0.25) is 5.02 Å². The second kappa shape index (κ2) is 7.89. The second-order valence-corrected chi connectivity index (χ2v) is 9.41. The molecule has 0 saturated heterocycles. The summed E-state index contributed by atoms with van der Waals surface area (Å²) in [5.74, 6) is -0.486. The average molecular weight is 434 g/mol. The molecule has 0 amide bonds. The third-order valence-electron chi connectivity index (χ3n) is 5.51. The number of aromatic nitrogens is 1. The van der Waals surface area contributed by atoms with Crippen molar-refractivity contribution in [3.05, 3.63) is 65.1 Å². The Morgan fingerprint density at radius 2 is 1.83 bits per heavy atom. The van der Waals surface area contributed by atoms with E-state index in [1.165, 1.54) is 12.1 Å². The Hall–Kier alpha value is -2.22. The van der Waals surface area contributed by atoms with E-state index in [0.29, 0.717) is 10.6 Å². The van der Waals surface area contributed by atoms with E-state index < -0.39 is 15.8 Å². The molecule has 0 aliphatic heterocycles. The van der Waals surface area contributed by atoms with E-state index in [2.05, 4.69) is 10.3 Å². The number of nitrogens with zero attached hydrogens (tertiary/aromatic N) is 1. The molecule has 1 heterocycles. The van der Waals surface area contributed by atoms with E-state index in [-0.39, 0.29) is 16.9 Å². The number of hydrogen-bond acceptors (Lipinski definition) is 4. The number of halogens is 2. The van der Waals surface area contributed by atoms with Crippen molar-refractivity contribution in [1.82, 2.24) is 4.98 Å². The molecular formula is C21H21ClFN3O2S. The van der Waals surface area contributed by atoms with Gasteiger partial charge in [-0.05, 0) is 79.6 Å². The lowest BCUT2D eigenvalue weighted by atomic mass is 9.81. The van der Waals surface area contributed by atoms with Crippen LogP contribution in [0.25, 0.3) is 10.9 Å². The number of pyridine rings is 1. The lowest BCUT2D eigenvalue weighted by molar-refractivity contribution is 0.407. The van der Waals surface area contributed by atoms with E-state index in [1.54, 1.807) is 6.20 Å². The average Bonchev–Trinajstić information content (AvgIpc) is 2.67. The maximum atomic E-state index is 13.8. The summed E-state index contributed by atoms with van der Waals surface area (Å²) in [6.45, 7) is 0. The minimum absolute atomic E-state index is 0.0207. The fraction of sp³-hybridized carbons (Fsp3) is 0.286. The Balaban J connectivity index is 1.51. The van der Waals surface area contributed by atoms with Crippen molar-refractivity contribution < 1.29 is 12.8 Å². The molecule has 3 N–H and O–H groups in total. The summed E-state index contributed by atoms with van der Waals surface area (Å²) < 4.78 is 37.5. The third-order valence-corrected chi connectivity index (χ3v) is 6.73. The predicted octanol–water partition coefficient (Wildman–Crippen LogP) is 4.81. The molecule has 0 spiro atoms. The molecule has 3 aromatic rings. The van der Waals surface area contributed by atoms with Crippen molar-refractivity contribution in [3.63, 3.8) is 0 Å². The Labute approximate surface area is 174 Å². The number of nitrogens with one attached hydrogen (secondary N) is 1. The first-order valence-electron chi connectivity index (χ1n) is 9.44. The highest BCUT2D eigenvalue weighted by Crippen LogP contribution is 2.37. The minimum atomic E-state index is -3.89.